The summed E-state index contributed by atoms with van der Waals surface area (Å²) in [5.74, 6) is -0.717. The molecule has 3 aromatic rings. The van der Waals surface area contributed by atoms with E-state index in [1.807, 2.05) is 18.2 Å². The number of hydrogen-bond acceptors (Lipinski definition) is 4. The molecule has 4 nitrogen and oxygen atoms in total. The minimum atomic E-state index is -4.53. The first-order valence-corrected chi connectivity index (χ1v) is 9.70. The Balaban J connectivity index is 1.76. The third-order valence-corrected chi connectivity index (χ3v) is 5.03. The van der Waals surface area contributed by atoms with Crippen molar-refractivity contribution in [2.45, 2.75) is 22.6 Å². The molecule has 0 radical (unpaired) electrons. The van der Waals surface area contributed by atoms with Crippen molar-refractivity contribution in [2.75, 3.05) is 6.54 Å². The molecule has 30 heavy (non-hydrogen) atoms. The SMILES string of the molecule is N#Cc1ccc(CN(CC(F)(F)F)C(=O)c2ccc(Sc3ccccn3)cc2)cc1. The van der Waals surface area contributed by atoms with Crippen molar-refractivity contribution in [1.29, 1.82) is 5.26 Å². The van der Waals surface area contributed by atoms with Crippen molar-refractivity contribution in [2.24, 2.45) is 0 Å². The van der Waals surface area contributed by atoms with Crippen LogP contribution in [0.25, 0.3) is 0 Å². The van der Waals surface area contributed by atoms with Gasteiger partial charge in [-0.1, -0.05) is 30.0 Å². The maximum atomic E-state index is 13.1. The van der Waals surface area contributed by atoms with Gasteiger partial charge in [-0.2, -0.15) is 18.4 Å². The molecule has 0 fully saturated rings. The standard InChI is InChI=1S/C22H16F3N3OS/c23-22(24,25)15-28(14-17-6-4-16(13-26)5-7-17)21(29)18-8-10-19(11-9-18)30-20-3-1-2-12-27-20/h1-12H,14-15H2. The fourth-order valence-corrected chi connectivity index (χ4v) is 3.47. The molecule has 0 aliphatic carbocycles. The lowest BCUT2D eigenvalue weighted by Gasteiger charge is -2.24. The smallest absolute Gasteiger partial charge is 0.325 e. The van der Waals surface area contributed by atoms with Gasteiger partial charge in [-0.25, -0.2) is 4.98 Å². The van der Waals surface area contributed by atoms with Crippen LogP contribution in [0.2, 0.25) is 0 Å². The van der Waals surface area contributed by atoms with E-state index in [-0.39, 0.29) is 12.1 Å². The summed E-state index contributed by atoms with van der Waals surface area (Å²) in [6.45, 7) is -1.58. The molecule has 0 N–H and O–H groups in total. The molecule has 0 saturated heterocycles. The molecule has 0 unspecified atom stereocenters. The van der Waals surface area contributed by atoms with Crippen molar-refractivity contribution in [3.05, 3.63) is 89.6 Å². The normalized spacial score (nSPS) is 11.0. The number of benzene rings is 2. The number of hydrogen-bond donors (Lipinski definition) is 0. The molecular formula is C22H16F3N3OS. The van der Waals surface area contributed by atoms with Crippen molar-refractivity contribution < 1.29 is 18.0 Å². The first kappa shape index (κ1) is 21.4. The van der Waals surface area contributed by atoms with Gasteiger partial charge in [-0.15, -0.1) is 0 Å². The highest BCUT2D eigenvalue weighted by atomic mass is 32.2. The van der Waals surface area contributed by atoms with Gasteiger partial charge >= 0.3 is 6.18 Å². The zero-order valence-corrected chi connectivity index (χ0v) is 16.5. The van der Waals surface area contributed by atoms with E-state index in [9.17, 15) is 18.0 Å². The summed E-state index contributed by atoms with van der Waals surface area (Å²) in [6.07, 6.45) is -2.87. The molecule has 0 saturated carbocycles. The lowest BCUT2D eigenvalue weighted by atomic mass is 10.1. The lowest BCUT2D eigenvalue weighted by molar-refractivity contribution is -0.141. The Morgan fingerprint density at radius 2 is 1.73 bits per heavy atom. The largest absolute Gasteiger partial charge is 0.406 e. The van der Waals surface area contributed by atoms with Gasteiger partial charge in [0.1, 0.15) is 11.6 Å². The van der Waals surface area contributed by atoms with Crippen LogP contribution in [0, 0.1) is 11.3 Å². The first-order chi connectivity index (χ1) is 14.3. The molecular weight excluding hydrogens is 411 g/mol. The molecule has 0 spiro atoms. The third kappa shape index (κ3) is 6.09. The molecule has 0 aliphatic heterocycles. The molecule has 0 bridgehead atoms. The zero-order chi connectivity index (χ0) is 21.6. The summed E-state index contributed by atoms with van der Waals surface area (Å²) in [5, 5.41) is 9.62. The van der Waals surface area contributed by atoms with Gasteiger partial charge in [-0.05, 0) is 54.1 Å². The number of aromatic nitrogens is 1. The number of nitriles is 1. The first-order valence-electron chi connectivity index (χ1n) is 8.88. The Bertz CT molecular complexity index is 1030. The molecule has 152 valence electrons. The maximum absolute atomic E-state index is 13.1. The van der Waals surface area contributed by atoms with Gasteiger partial charge in [0.25, 0.3) is 5.91 Å². The second kappa shape index (κ2) is 9.46. The van der Waals surface area contributed by atoms with Crippen molar-refractivity contribution >= 4 is 17.7 Å². The second-order valence-corrected chi connectivity index (χ2v) is 7.47. The van der Waals surface area contributed by atoms with E-state index in [0.717, 1.165) is 14.8 Å². The van der Waals surface area contributed by atoms with Crippen molar-refractivity contribution in [1.82, 2.24) is 9.88 Å². The van der Waals surface area contributed by atoms with Gasteiger partial charge in [0.15, 0.2) is 0 Å². The molecule has 0 aliphatic rings. The maximum Gasteiger partial charge on any atom is 0.406 e. The third-order valence-electron chi connectivity index (χ3n) is 4.08. The number of nitrogens with zero attached hydrogens (tertiary/aromatic N) is 3. The highest BCUT2D eigenvalue weighted by Gasteiger charge is 2.33. The topological polar surface area (TPSA) is 57.0 Å². The Labute approximate surface area is 176 Å². The fourth-order valence-electron chi connectivity index (χ4n) is 2.70. The molecule has 2 aromatic carbocycles. The number of rotatable bonds is 6. The van der Waals surface area contributed by atoms with Gasteiger partial charge in [0.2, 0.25) is 0 Å². The van der Waals surface area contributed by atoms with Crippen LogP contribution in [-0.2, 0) is 6.54 Å². The number of carbonyl (C=O) groups excluding carboxylic acids is 1. The summed E-state index contributed by atoms with van der Waals surface area (Å²) in [6, 6.07) is 19.9. The Kier molecular flexibility index (Phi) is 6.75. The number of pyridine rings is 1. The highest BCUT2D eigenvalue weighted by Crippen LogP contribution is 2.26. The molecule has 1 heterocycles. The number of amides is 1. The Morgan fingerprint density at radius 1 is 1.03 bits per heavy atom. The van der Waals surface area contributed by atoms with E-state index in [2.05, 4.69) is 4.98 Å². The summed E-state index contributed by atoms with van der Waals surface area (Å²) in [5.41, 5.74) is 1.07. The molecule has 8 heteroatoms. The second-order valence-electron chi connectivity index (χ2n) is 6.38. The van der Waals surface area contributed by atoms with E-state index in [4.69, 9.17) is 5.26 Å². The van der Waals surface area contributed by atoms with Crippen LogP contribution in [-0.4, -0.2) is 28.5 Å². The summed E-state index contributed by atoms with van der Waals surface area (Å²) < 4.78 is 39.2. The summed E-state index contributed by atoms with van der Waals surface area (Å²) in [4.78, 5) is 18.5. The lowest BCUT2D eigenvalue weighted by Crippen LogP contribution is -2.38. The van der Waals surface area contributed by atoms with Crippen LogP contribution >= 0.6 is 11.8 Å². The molecule has 3 rings (SSSR count). The molecule has 1 aromatic heterocycles. The van der Waals surface area contributed by atoms with Crippen LogP contribution in [0.15, 0.2) is 82.8 Å². The van der Waals surface area contributed by atoms with Gasteiger partial charge < -0.3 is 4.90 Å². The quantitative estimate of drug-likeness (QED) is 0.535. The van der Waals surface area contributed by atoms with Crippen LogP contribution in [0.1, 0.15) is 21.5 Å². The van der Waals surface area contributed by atoms with E-state index >= 15 is 0 Å². The average Bonchev–Trinajstić information content (AvgIpc) is 2.74. The number of alkyl halides is 3. The Morgan fingerprint density at radius 3 is 2.30 bits per heavy atom. The van der Waals surface area contributed by atoms with E-state index in [0.29, 0.717) is 11.1 Å². The monoisotopic (exact) mass is 427 g/mol. The van der Waals surface area contributed by atoms with Crippen LogP contribution in [0.3, 0.4) is 0 Å². The average molecular weight is 427 g/mol. The van der Waals surface area contributed by atoms with Crippen LogP contribution < -0.4 is 0 Å². The van der Waals surface area contributed by atoms with E-state index < -0.39 is 18.6 Å². The number of carbonyl (C=O) groups is 1. The Hall–Kier alpha value is -3.31. The zero-order valence-electron chi connectivity index (χ0n) is 15.6. The highest BCUT2D eigenvalue weighted by molar-refractivity contribution is 7.99. The summed E-state index contributed by atoms with van der Waals surface area (Å²) >= 11 is 1.39. The van der Waals surface area contributed by atoms with Crippen molar-refractivity contribution in [3.8, 4) is 6.07 Å². The predicted molar refractivity (Wildman–Crippen MR) is 107 cm³/mol. The predicted octanol–water partition coefficient (Wildman–Crippen LogP) is 5.31. The van der Waals surface area contributed by atoms with Gasteiger partial charge in [0, 0.05) is 23.2 Å². The minimum absolute atomic E-state index is 0.165. The number of halogens is 3. The molecule has 1 amide bonds. The van der Waals surface area contributed by atoms with Crippen LogP contribution in [0.5, 0.6) is 0 Å². The molecule has 0 atom stereocenters. The van der Waals surface area contributed by atoms with Crippen molar-refractivity contribution in [3.63, 3.8) is 0 Å². The summed E-state index contributed by atoms with van der Waals surface area (Å²) in [7, 11) is 0. The van der Waals surface area contributed by atoms with E-state index in [1.54, 1.807) is 36.5 Å². The fraction of sp³-hybridized carbons (Fsp3) is 0.136. The van der Waals surface area contributed by atoms with Gasteiger partial charge in [-0.3, -0.25) is 4.79 Å². The minimum Gasteiger partial charge on any atom is -0.325 e. The van der Waals surface area contributed by atoms with Gasteiger partial charge in [0.05, 0.1) is 11.6 Å². The van der Waals surface area contributed by atoms with E-state index in [1.165, 1.54) is 36.0 Å². The van der Waals surface area contributed by atoms with Crippen LogP contribution in [0.4, 0.5) is 13.2 Å².